The first kappa shape index (κ1) is 9.62. The van der Waals surface area contributed by atoms with Crippen molar-refractivity contribution in [2.45, 2.75) is 39.5 Å². The zero-order valence-corrected chi connectivity index (χ0v) is 7.66. The van der Waals surface area contributed by atoms with Gasteiger partial charge in [-0.05, 0) is 0 Å². The lowest BCUT2D eigenvalue weighted by atomic mass is 9.63. The minimum absolute atomic E-state index is 0.0339. The molecular weight excluding hydrogens is 162 g/mol. The van der Waals surface area contributed by atoms with Crippen molar-refractivity contribution < 1.29 is 13.6 Å². The van der Waals surface area contributed by atoms with E-state index in [-0.39, 0.29) is 24.5 Å². The third-order valence-corrected chi connectivity index (χ3v) is 2.42. The van der Waals surface area contributed by atoms with E-state index < -0.39 is 11.3 Å². The van der Waals surface area contributed by atoms with Crippen LogP contribution in [0.15, 0.2) is 0 Å². The summed E-state index contributed by atoms with van der Waals surface area (Å²) in [6, 6.07) is 0. The van der Waals surface area contributed by atoms with E-state index in [4.69, 9.17) is 0 Å². The van der Waals surface area contributed by atoms with Crippen LogP contribution in [0.2, 0.25) is 0 Å². The second kappa shape index (κ2) is 2.51. The number of hydrogen-bond acceptors (Lipinski definition) is 1. The number of rotatable bonds is 2. The minimum atomic E-state index is -2.60. The van der Waals surface area contributed by atoms with Gasteiger partial charge in [0.05, 0.1) is 0 Å². The molecule has 1 nitrogen and oxygen atoms in total. The maximum absolute atomic E-state index is 12.5. The first-order valence-corrected chi connectivity index (χ1v) is 4.19. The number of Topliss-reactive ketones (excluding diaryl/α,β-unsaturated/α-hetero) is 1. The van der Waals surface area contributed by atoms with Gasteiger partial charge >= 0.3 is 0 Å². The summed E-state index contributed by atoms with van der Waals surface area (Å²) in [6.07, 6.45) is -0.534. The zero-order valence-electron chi connectivity index (χ0n) is 7.66. The van der Waals surface area contributed by atoms with Crippen molar-refractivity contribution in [3.8, 4) is 0 Å². The van der Waals surface area contributed by atoms with Gasteiger partial charge in [-0.3, -0.25) is 4.79 Å². The van der Waals surface area contributed by atoms with Crippen LogP contribution in [-0.4, -0.2) is 11.7 Å². The molecule has 0 bridgehead atoms. The molecule has 0 saturated heterocycles. The van der Waals surface area contributed by atoms with Gasteiger partial charge in [0.25, 0.3) is 0 Å². The first-order chi connectivity index (χ1) is 5.27. The molecule has 0 aliphatic heterocycles. The van der Waals surface area contributed by atoms with Gasteiger partial charge in [0.1, 0.15) is 5.78 Å². The van der Waals surface area contributed by atoms with E-state index in [0.29, 0.717) is 0 Å². The maximum atomic E-state index is 12.5. The van der Waals surface area contributed by atoms with Gasteiger partial charge in [0, 0.05) is 24.2 Å². The second-order valence-corrected chi connectivity index (χ2v) is 4.29. The quantitative estimate of drug-likeness (QED) is 0.632. The Balaban J connectivity index is 2.61. The van der Waals surface area contributed by atoms with Gasteiger partial charge in [-0.2, -0.15) is 0 Å². The summed E-state index contributed by atoms with van der Waals surface area (Å²) < 4.78 is 25.0. The summed E-state index contributed by atoms with van der Waals surface area (Å²) in [5.41, 5.74) is -0.752. The normalized spacial score (nSPS) is 25.2. The molecule has 0 atom stereocenters. The summed E-state index contributed by atoms with van der Waals surface area (Å²) in [7, 11) is 0. The van der Waals surface area contributed by atoms with Gasteiger partial charge in [-0.25, -0.2) is 8.78 Å². The van der Waals surface area contributed by atoms with Crippen molar-refractivity contribution in [3.05, 3.63) is 0 Å². The van der Waals surface area contributed by atoms with Crippen LogP contribution >= 0.6 is 0 Å². The lowest BCUT2D eigenvalue weighted by Gasteiger charge is -2.44. The van der Waals surface area contributed by atoms with Crippen molar-refractivity contribution in [3.63, 3.8) is 0 Å². The average Bonchev–Trinajstić information content (AvgIpc) is 1.81. The Bertz CT molecular complexity index is 201. The van der Waals surface area contributed by atoms with Crippen molar-refractivity contribution in [2.24, 2.45) is 11.3 Å². The van der Waals surface area contributed by atoms with Gasteiger partial charge < -0.3 is 0 Å². The number of alkyl halides is 2. The summed E-state index contributed by atoms with van der Waals surface area (Å²) in [4.78, 5) is 11.4. The van der Waals surface area contributed by atoms with Gasteiger partial charge in [0.15, 0.2) is 0 Å². The highest BCUT2D eigenvalue weighted by Crippen LogP contribution is 2.53. The summed E-state index contributed by atoms with van der Waals surface area (Å²) >= 11 is 0. The lowest BCUT2D eigenvalue weighted by molar-refractivity contribution is -0.175. The van der Waals surface area contributed by atoms with Crippen molar-refractivity contribution >= 4 is 5.78 Å². The van der Waals surface area contributed by atoms with E-state index in [0.717, 1.165) is 0 Å². The molecule has 0 radical (unpaired) electrons. The summed E-state index contributed by atoms with van der Waals surface area (Å²) in [5, 5.41) is 0. The highest BCUT2D eigenvalue weighted by molar-refractivity contribution is 5.87. The fourth-order valence-electron chi connectivity index (χ4n) is 1.96. The Hall–Kier alpha value is -0.470. The smallest absolute Gasteiger partial charge is 0.250 e. The average molecular weight is 176 g/mol. The lowest BCUT2D eigenvalue weighted by Crippen LogP contribution is -2.50. The predicted molar refractivity (Wildman–Crippen MR) is 42.1 cm³/mol. The Morgan fingerprint density at radius 1 is 1.33 bits per heavy atom. The summed E-state index contributed by atoms with van der Waals surface area (Å²) in [6.45, 7) is 5.14. The fraction of sp³-hybridized carbons (Fsp3) is 0.889. The van der Waals surface area contributed by atoms with Crippen LogP contribution in [0.1, 0.15) is 33.6 Å². The van der Waals surface area contributed by atoms with Gasteiger partial charge in [-0.1, -0.05) is 20.8 Å². The molecule has 1 rings (SSSR count). The molecule has 0 aromatic heterocycles. The Morgan fingerprint density at radius 2 is 1.75 bits per heavy atom. The van der Waals surface area contributed by atoms with Crippen LogP contribution in [0.25, 0.3) is 0 Å². The molecule has 0 aromatic carbocycles. The molecule has 70 valence electrons. The molecule has 0 aromatic rings. The largest absolute Gasteiger partial charge is 0.299 e. The first-order valence-electron chi connectivity index (χ1n) is 4.19. The van der Waals surface area contributed by atoms with E-state index in [1.54, 1.807) is 20.8 Å². The number of ketones is 1. The predicted octanol–water partition coefficient (Wildman–Crippen LogP) is 2.65. The molecule has 0 unspecified atom stereocenters. The molecule has 1 fully saturated rings. The zero-order chi connectivity index (χ0) is 9.57. The molecular formula is C9H14F2O. The standard InChI is InChI=1S/C9H14F2O/c1-6(2)7(12)8(3)4-9(10,11)5-8/h6H,4-5H2,1-3H3. The molecule has 1 aliphatic rings. The minimum Gasteiger partial charge on any atom is -0.299 e. The number of carbonyl (C=O) groups excluding carboxylic acids is 1. The highest BCUT2D eigenvalue weighted by Gasteiger charge is 2.57. The van der Waals surface area contributed by atoms with Crippen LogP contribution in [0.3, 0.4) is 0 Å². The highest BCUT2D eigenvalue weighted by atomic mass is 19.3. The van der Waals surface area contributed by atoms with E-state index in [1.807, 2.05) is 0 Å². The van der Waals surface area contributed by atoms with Crippen LogP contribution in [0, 0.1) is 11.3 Å². The monoisotopic (exact) mass is 176 g/mol. The van der Waals surface area contributed by atoms with Crippen LogP contribution in [-0.2, 0) is 4.79 Å². The van der Waals surface area contributed by atoms with Crippen LogP contribution < -0.4 is 0 Å². The molecule has 0 amide bonds. The number of carbonyl (C=O) groups is 1. The van der Waals surface area contributed by atoms with E-state index in [2.05, 4.69) is 0 Å². The van der Waals surface area contributed by atoms with Crippen molar-refractivity contribution in [1.29, 1.82) is 0 Å². The molecule has 0 heterocycles. The summed E-state index contributed by atoms with van der Waals surface area (Å²) in [5.74, 6) is -2.77. The molecule has 3 heteroatoms. The molecule has 0 N–H and O–H groups in total. The fourth-order valence-corrected chi connectivity index (χ4v) is 1.96. The molecule has 0 spiro atoms. The van der Waals surface area contributed by atoms with Crippen LogP contribution in [0.4, 0.5) is 8.78 Å². The Kier molecular flexibility index (Phi) is 2.01. The third-order valence-electron chi connectivity index (χ3n) is 2.42. The van der Waals surface area contributed by atoms with Crippen molar-refractivity contribution in [2.75, 3.05) is 0 Å². The third kappa shape index (κ3) is 1.50. The molecule has 1 aliphatic carbocycles. The van der Waals surface area contributed by atoms with Crippen molar-refractivity contribution in [1.82, 2.24) is 0 Å². The van der Waals surface area contributed by atoms with E-state index in [9.17, 15) is 13.6 Å². The van der Waals surface area contributed by atoms with E-state index in [1.165, 1.54) is 0 Å². The molecule has 1 saturated carbocycles. The number of halogens is 2. The number of hydrogen-bond donors (Lipinski definition) is 0. The van der Waals surface area contributed by atoms with Crippen LogP contribution in [0.5, 0.6) is 0 Å². The maximum Gasteiger partial charge on any atom is 0.250 e. The Labute approximate surface area is 71.1 Å². The molecule has 12 heavy (non-hydrogen) atoms. The Morgan fingerprint density at radius 3 is 2.00 bits per heavy atom. The van der Waals surface area contributed by atoms with Gasteiger partial charge in [0.2, 0.25) is 5.92 Å². The van der Waals surface area contributed by atoms with E-state index >= 15 is 0 Å². The van der Waals surface area contributed by atoms with Gasteiger partial charge in [-0.15, -0.1) is 0 Å². The SMILES string of the molecule is CC(C)C(=O)C1(C)CC(F)(F)C1. The second-order valence-electron chi connectivity index (χ2n) is 4.29. The topological polar surface area (TPSA) is 17.1 Å².